The Hall–Kier alpha value is -2.62. The van der Waals surface area contributed by atoms with Gasteiger partial charge >= 0.3 is 5.97 Å². The van der Waals surface area contributed by atoms with Crippen molar-refractivity contribution in [2.24, 2.45) is 0 Å². The highest BCUT2D eigenvalue weighted by Crippen LogP contribution is 2.16. The molecule has 0 N–H and O–H groups in total. The first-order chi connectivity index (χ1) is 12.3. The van der Waals surface area contributed by atoms with Crippen molar-refractivity contribution in [2.45, 2.75) is 4.90 Å². The summed E-state index contributed by atoms with van der Waals surface area (Å²) in [6.07, 6.45) is 0. The van der Waals surface area contributed by atoms with Crippen molar-refractivity contribution in [1.82, 2.24) is 4.47 Å². The van der Waals surface area contributed by atoms with Gasteiger partial charge in [0.1, 0.15) is 5.82 Å². The molecule has 0 aliphatic heterocycles. The Morgan fingerprint density at radius 3 is 2.27 bits per heavy atom. The van der Waals surface area contributed by atoms with Crippen molar-refractivity contribution in [3.63, 3.8) is 0 Å². The maximum absolute atomic E-state index is 13.5. The van der Waals surface area contributed by atoms with Crippen LogP contribution in [-0.4, -0.2) is 45.4 Å². The third-order valence-electron chi connectivity index (χ3n) is 3.49. The second-order valence-electron chi connectivity index (χ2n) is 5.10. The zero-order valence-corrected chi connectivity index (χ0v) is 14.8. The van der Waals surface area contributed by atoms with Crippen LogP contribution in [0.1, 0.15) is 20.7 Å². The lowest BCUT2D eigenvalue weighted by molar-refractivity contribution is -0.0258. The molecule has 0 spiro atoms. The largest absolute Gasteiger partial charge is 0.454 e. The smallest absolute Gasteiger partial charge is 0.338 e. The van der Waals surface area contributed by atoms with Gasteiger partial charge in [0.05, 0.1) is 23.1 Å². The first kappa shape index (κ1) is 19.7. The molecule has 138 valence electrons. The zero-order valence-electron chi connectivity index (χ0n) is 14.0. The summed E-state index contributed by atoms with van der Waals surface area (Å²) in [4.78, 5) is 28.4. The lowest BCUT2D eigenvalue weighted by Gasteiger charge is -2.14. The highest BCUT2D eigenvalue weighted by molar-refractivity contribution is 7.89. The third kappa shape index (κ3) is 4.31. The third-order valence-corrected chi connectivity index (χ3v) is 5.19. The van der Waals surface area contributed by atoms with Crippen LogP contribution < -0.4 is 0 Å². The van der Waals surface area contributed by atoms with Gasteiger partial charge in [-0.1, -0.05) is 16.6 Å². The molecule has 2 aromatic carbocycles. The normalized spacial score (nSPS) is 11.4. The highest BCUT2D eigenvalue weighted by Gasteiger charge is 2.21. The van der Waals surface area contributed by atoms with E-state index >= 15 is 0 Å². The molecule has 0 atom stereocenters. The number of carbonyl (C=O) groups excluding carboxylic acids is 2. The van der Waals surface area contributed by atoms with Crippen LogP contribution in [0.15, 0.2) is 53.4 Å². The summed E-state index contributed by atoms with van der Waals surface area (Å²) in [6.45, 7) is -0.633. The number of hydroxylamine groups is 1. The number of halogens is 1. The molecule has 0 fully saturated rings. The molecule has 0 unspecified atom stereocenters. The quantitative estimate of drug-likeness (QED) is 0.414. The monoisotopic (exact) mass is 381 g/mol. The van der Waals surface area contributed by atoms with Gasteiger partial charge in [0, 0.05) is 7.05 Å². The number of ether oxygens (including phenoxy) is 1. The van der Waals surface area contributed by atoms with Crippen molar-refractivity contribution < 1.29 is 32.0 Å². The highest BCUT2D eigenvalue weighted by atomic mass is 32.2. The minimum atomic E-state index is -3.83. The van der Waals surface area contributed by atoms with Crippen molar-refractivity contribution >= 4 is 21.8 Å². The molecule has 0 aromatic heterocycles. The summed E-state index contributed by atoms with van der Waals surface area (Å²) in [6, 6.07) is 10.3. The number of hydrogen-bond donors (Lipinski definition) is 0. The number of carbonyl (C=O) groups is 2. The van der Waals surface area contributed by atoms with E-state index in [4.69, 9.17) is 4.74 Å². The summed E-state index contributed by atoms with van der Waals surface area (Å²) >= 11 is 0. The molecule has 2 rings (SSSR count). The lowest BCUT2D eigenvalue weighted by atomic mass is 10.1. The minimum Gasteiger partial charge on any atom is -0.454 e. The van der Waals surface area contributed by atoms with Crippen LogP contribution in [0.4, 0.5) is 4.39 Å². The van der Waals surface area contributed by atoms with Crippen molar-refractivity contribution in [2.75, 3.05) is 20.8 Å². The van der Waals surface area contributed by atoms with Gasteiger partial charge in [0.15, 0.2) is 6.61 Å². The van der Waals surface area contributed by atoms with Crippen molar-refractivity contribution in [3.8, 4) is 0 Å². The van der Waals surface area contributed by atoms with E-state index in [2.05, 4.69) is 4.84 Å². The predicted molar refractivity (Wildman–Crippen MR) is 89.4 cm³/mol. The molecule has 0 amide bonds. The maximum Gasteiger partial charge on any atom is 0.338 e. The molecular formula is C17H16FNO6S. The number of Topliss-reactive ketones (excluding diaryl/α,β-unsaturated/α-hetero) is 1. The van der Waals surface area contributed by atoms with Crippen LogP contribution >= 0.6 is 0 Å². The van der Waals surface area contributed by atoms with Crippen LogP contribution in [0.5, 0.6) is 0 Å². The summed E-state index contributed by atoms with van der Waals surface area (Å²) < 4.78 is 43.1. The Morgan fingerprint density at radius 1 is 1.08 bits per heavy atom. The van der Waals surface area contributed by atoms with Crippen LogP contribution in [0.3, 0.4) is 0 Å². The molecule has 0 heterocycles. The van der Waals surface area contributed by atoms with Gasteiger partial charge in [0.25, 0.3) is 10.0 Å². The van der Waals surface area contributed by atoms with E-state index < -0.39 is 34.2 Å². The van der Waals surface area contributed by atoms with Crippen LogP contribution in [0.25, 0.3) is 0 Å². The van der Waals surface area contributed by atoms with Gasteiger partial charge in [-0.3, -0.25) is 9.63 Å². The van der Waals surface area contributed by atoms with E-state index in [0.29, 0.717) is 4.47 Å². The Bertz CT molecular complexity index is 911. The van der Waals surface area contributed by atoms with E-state index in [1.165, 1.54) is 56.6 Å². The average molecular weight is 381 g/mol. The van der Waals surface area contributed by atoms with Gasteiger partial charge in [0.2, 0.25) is 5.78 Å². The number of benzene rings is 2. The second-order valence-corrected chi connectivity index (χ2v) is 7.04. The summed E-state index contributed by atoms with van der Waals surface area (Å²) in [7, 11) is -1.40. The fourth-order valence-electron chi connectivity index (χ4n) is 1.99. The number of rotatable bonds is 7. The predicted octanol–water partition coefficient (Wildman–Crippen LogP) is 2.05. The van der Waals surface area contributed by atoms with Gasteiger partial charge < -0.3 is 4.74 Å². The Morgan fingerprint density at radius 2 is 1.69 bits per heavy atom. The fourth-order valence-corrected chi connectivity index (χ4v) is 2.96. The molecule has 0 saturated carbocycles. The summed E-state index contributed by atoms with van der Waals surface area (Å²) in [5, 5.41) is 0. The SMILES string of the molecule is CON(C)S(=O)(=O)c1ccc(C(=O)OCC(=O)c2ccccc2F)cc1. The first-order valence-electron chi connectivity index (χ1n) is 7.35. The number of nitrogens with zero attached hydrogens (tertiary/aromatic N) is 1. The Labute approximate surface area is 150 Å². The van der Waals surface area contributed by atoms with Crippen LogP contribution in [0.2, 0.25) is 0 Å². The summed E-state index contributed by atoms with van der Waals surface area (Å²) in [5.74, 6) is -2.22. The van der Waals surface area contributed by atoms with Gasteiger partial charge in [-0.25, -0.2) is 17.6 Å². The van der Waals surface area contributed by atoms with E-state index in [1.807, 2.05) is 0 Å². The van der Waals surface area contributed by atoms with Crippen LogP contribution in [0, 0.1) is 5.82 Å². The van der Waals surface area contributed by atoms with Gasteiger partial charge in [-0.2, -0.15) is 0 Å². The van der Waals surface area contributed by atoms with Crippen molar-refractivity contribution in [3.05, 3.63) is 65.5 Å². The second kappa shape index (κ2) is 8.17. The lowest BCUT2D eigenvalue weighted by Crippen LogP contribution is -2.25. The van der Waals surface area contributed by atoms with Crippen LogP contribution in [-0.2, 0) is 19.6 Å². The summed E-state index contributed by atoms with van der Waals surface area (Å²) in [5.41, 5.74) is -0.130. The number of sulfonamides is 1. The molecule has 2 aromatic rings. The molecule has 26 heavy (non-hydrogen) atoms. The first-order valence-corrected chi connectivity index (χ1v) is 8.79. The average Bonchev–Trinajstić information content (AvgIpc) is 2.65. The molecule has 7 nitrogen and oxygen atoms in total. The molecule has 0 aliphatic carbocycles. The number of hydrogen-bond acceptors (Lipinski definition) is 6. The van der Waals surface area contributed by atoms with Gasteiger partial charge in [-0.15, -0.1) is 0 Å². The van der Waals surface area contributed by atoms with E-state index in [-0.39, 0.29) is 16.0 Å². The van der Waals surface area contributed by atoms with E-state index in [1.54, 1.807) is 0 Å². The number of ketones is 1. The topological polar surface area (TPSA) is 90.0 Å². The molecule has 0 aliphatic rings. The molecule has 0 saturated heterocycles. The molecule has 0 bridgehead atoms. The molecule has 9 heteroatoms. The standard InChI is InChI=1S/C17H16FNO6S/c1-19(24-2)26(22,23)13-9-7-12(8-10-13)17(21)25-11-16(20)14-5-3-4-6-15(14)18/h3-10H,11H2,1-2H3. The Balaban J connectivity index is 2.05. The fraction of sp³-hybridized carbons (Fsp3) is 0.176. The molecular weight excluding hydrogens is 365 g/mol. The zero-order chi connectivity index (χ0) is 19.3. The van der Waals surface area contributed by atoms with Gasteiger partial charge in [-0.05, 0) is 36.4 Å². The number of esters is 1. The maximum atomic E-state index is 13.5. The Kier molecular flexibility index (Phi) is 6.19. The molecule has 0 radical (unpaired) electrons. The van der Waals surface area contributed by atoms with E-state index in [0.717, 1.165) is 6.07 Å². The van der Waals surface area contributed by atoms with E-state index in [9.17, 15) is 22.4 Å². The van der Waals surface area contributed by atoms with Crippen molar-refractivity contribution in [1.29, 1.82) is 0 Å². The minimum absolute atomic E-state index is 0.0466.